The summed E-state index contributed by atoms with van der Waals surface area (Å²) in [6, 6.07) is 0. The van der Waals surface area contributed by atoms with E-state index < -0.39 is 0 Å². The molecule has 2 aromatic heterocycles. The molecule has 0 amide bonds. The van der Waals surface area contributed by atoms with E-state index >= 15 is 0 Å². The molecule has 0 aromatic carbocycles. The van der Waals surface area contributed by atoms with E-state index in [-0.39, 0.29) is 11.1 Å². The monoisotopic (exact) mass is 303 g/mol. The average Bonchev–Trinajstić information content (AvgIpc) is 3.06. The summed E-state index contributed by atoms with van der Waals surface area (Å²) in [6.45, 7) is 7.12. The van der Waals surface area contributed by atoms with Crippen molar-refractivity contribution < 1.29 is 0 Å². The second-order valence-electron chi connectivity index (χ2n) is 7.39. The van der Waals surface area contributed by atoms with Crippen molar-refractivity contribution in [2.24, 2.45) is 5.92 Å². The maximum absolute atomic E-state index is 12.3. The number of H-pyrrole nitrogens is 1. The van der Waals surface area contributed by atoms with E-state index in [0.29, 0.717) is 22.9 Å². The summed E-state index contributed by atoms with van der Waals surface area (Å²) in [5.41, 5.74) is 0.336. The molecular formula is C16H25N5O. The topological polar surface area (TPSA) is 66.8 Å². The first-order valence-corrected chi connectivity index (χ1v) is 8.06. The van der Waals surface area contributed by atoms with Gasteiger partial charge in [-0.3, -0.25) is 9.78 Å². The fourth-order valence-electron chi connectivity index (χ4n) is 3.25. The Morgan fingerprint density at radius 3 is 2.68 bits per heavy atom. The molecule has 0 atom stereocenters. The SMILES string of the molecule is CN(CC1CCCC1)c1nc2c(cnn2C(C)(C)C)c(=O)[nH]1. The molecule has 3 rings (SSSR count). The molecule has 0 unspecified atom stereocenters. The summed E-state index contributed by atoms with van der Waals surface area (Å²) in [5, 5.41) is 4.90. The van der Waals surface area contributed by atoms with Gasteiger partial charge < -0.3 is 4.90 Å². The molecule has 1 fully saturated rings. The van der Waals surface area contributed by atoms with Crippen LogP contribution >= 0.6 is 0 Å². The zero-order chi connectivity index (χ0) is 15.9. The summed E-state index contributed by atoms with van der Waals surface area (Å²) in [7, 11) is 2.00. The van der Waals surface area contributed by atoms with Crippen LogP contribution in [0.1, 0.15) is 46.5 Å². The first-order valence-electron chi connectivity index (χ1n) is 8.06. The largest absolute Gasteiger partial charge is 0.345 e. The van der Waals surface area contributed by atoms with Crippen molar-refractivity contribution in [2.45, 2.75) is 52.0 Å². The third-order valence-electron chi connectivity index (χ3n) is 4.43. The van der Waals surface area contributed by atoms with Gasteiger partial charge in [-0.1, -0.05) is 12.8 Å². The Labute approximate surface area is 130 Å². The lowest BCUT2D eigenvalue weighted by molar-refractivity contribution is 0.366. The molecule has 0 bridgehead atoms. The number of aromatic nitrogens is 4. The molecule has 2 aromatic rings. The van der Waals surface area contributed by atoms with Crippen molar-refractivity contribution in [3.8, 4) is 0 Å². The van der Waals surface area contributed by atoms with Gasteiger partial charge >= 0.3 is 0 Å². The fraction of sp³-hybridized carbons (Fsp3) is 0.688. The van der Waals surface area contributed by atoms with Crippen LogP contribution in [-0.2, 0) is 5.54 Å². The number of aromatic amines is 1. The summed E-state index contributed by atoms with van der Waals surface area (Å²) < 4.78 is 1.82. The van der Waals surface area contributed by atoms with Crippen LogP contribution < -0.4 is 10.5 Å². The molecule has 6 nitrogen and oxygen atoms in total. The van der Waals surface area contributed by atoms with Crippen molar-refractivity contribution in [3.05, 3.63) is 16.6 Å². The molecule has 1 aliphatic carbocycles. The molecular weight excluding hydrogens is 278 g/mol. The van der Waals surface area contributed by atoms with Crippen LogP contribution in [0, 0.1) is 5.92 Å². The van der Waals surface area contributed by atoms with Gasteiger partial charge in [0.25, 0.3) is 5.56 Å². The van der Waals surface area contributed by atoms with E-state index in [1.54, 1.807) is 6.20 Å². The van der Waals surface area contributed by atoms with Gasteiger partial charge in [0.1, 0.15) is 5.39 Å². The van der Waals surface area contributed by atoms with Gasteiger partial charge in [-0.15, -0.1) is 0 Å². The van der Waals surface area contributed by atoms with Gasteiger partial charge in [0, 0.05) is 13.6 Å². The highest BCUT2D eigenvalue weighted by Gasteiger charge is 2.22. The number of nitrogens with one attached hydrogen (secondary N) is 1. The van der Waals surface area contributed by atoms with Gasteiger partial charge in [-0.2, -0.15) is 10.1 Å². The Morgan fingerprint density at radius 1 is 1.36 bits per heavy atom. The fourth-order valence-corrected chi connectivity index (χ4v) is 3.25. The van der Waals surface area contributed by atoms with Gasteiger partial charge in [0.15, 0.2) is 5.65 Å². The highest BCUT2D eigenvalue weighted by Crippen LogP contribution is 2.26. The number of fused-ring (bicyclic) bond motifs is 1. The minimum Gasteiger partial charge on any atom is -0.345 e. The molecule has 1 saturated carbocycles. The highest BCUT2D eigenvalue weighted by atomic mass is 16.1. The number of nitrogens with zero attached hydrogens (tertiary/aromatic N) is 4. The lowest BCUT2D eigenvalue weighted by Gasteiger charge is -2.23. The normalized spacial score (nSPS) is 16.5. The van der Waals surface area contributed by atoms with E-state index in [9.17, 15) is 4.79 Å². The van der Waals surface area contributed by atoms with Crippen LogP contribution in [0.2, 0.25) is 0 Å². The first-order chi connectivity index (χ1) is 10.4. The van der Waals surface area contributed by atoms with Crippen molar-refractivity contribution in [3.63, 3.8) is 0 Å². The van der Waals surface area contributed by atoms with Crippen molar-refractivity contribution in [2.75, 3.05) is 18.5 Å². The van der Waals surface area contributed by atoms with Crippen LogP contribution in [0.15, 0.2) is 11.0 Å². The van der Waals surface area contributed by atoms with E-state index in [1.165, 1.54) is 25.7 Å². The Bertz CT molecular complexity index is 718. The van der Waals surface area contributed by atoms with Crippen LogP contribution in [0.3, 0.4) is 0 Å². The van der Waals surface area contributed by atoms with Crippen LogP contribution in [0.5, 0.6) is 0 Å². The Hall–Kier alpha value is -1.85. The predicted octanol–water partition coefficient (Wildman–Crippen LogP) is 2.50. The van der Waals surface area contributed by atoms with E-state index in [4.69, 9.17) is 0 Å². The lowest BCUT2D eigenvalue weighted by atomic mass is 10.1. The number of hydrogen-bond acceptors (Lipinski definition) is 4. The summed E-state index contributed by atoms with van der Waals surface area (Å²) >= 11 is 0. The molecule has 1 N–H and O–H groups in total. The molecule has 22 heavy (non-hydrogen) atoms. The van der Waals surface area contributed by atoms with Gasteiger partial charge in [-0.25, -0.2) is 4.68 Å². The Morgan fingerprint density at radius 2 is 2.05 bits per heavy atom. The van der Waals surface area contributed by atoms with Crippen molar-refractivity contribution in [1.29, 1.82) is 0 Å². The minimum absolute atomic E-state index is 0.117. The molecule has 1 aliphatic rings. The second-order valence-corrected chi connectivity index (χ2v) is 7.39. The zero-order valence-electron chi connectivity index (χ0n) is 13.9. The maximum atomic E-state index is 12.3. The second kappa shape index (κ2) is 5.41. The minimum atomic E-state index is -0.205. The Kier molecular flexibility index (Phi) is 3.70. The molecule has 0 radical (unpaired) electrons. The lowest BCUT2D eigenvalue weighted by Crippen LogP contribution is -2.29. The maximum Gasteiger partial charge on any atom is 0.263 e. The van der Waals surface area contributed by atoms with Crippen molar-refractivity contribution >= 4 is 17.0 Å². The molecule has 2 heterocycles. The van der Waals surface area contributed by atoms with Crippen molar-refractivity contribution in [1.82, 2.24) is 19.7 Å². The van der Waals surface area contributed by atoms with E-state index in [0.717, 1.165) is 6.54 Å². The Balaban J connectivity index is 1.98. The number of anilines is 1. The molecule has 0 saturated heterocycles. The van der Waals surface area contributed by atoms with Gasteiger partial charge in [0.2, 0.25) is 5.95 Å². The summed E-state index contributed by atoms with van der Waals surface area (Å²) in [6.07, 6.45) is 6.79. The number of hydrogen-bond donors (Lipinski definition) is 1. The molecule has 0 aliphatic heterocycles. The summed E-state index contributed by atoms with van der Waals surface area (Å²) in [4.78, 5) is 21.9. The van der Waals surface area contributed by atoms with Gasteiger partial charge in [-0.05, 0) is 39.5 Å². The third kappa shape index (κ3) is 2.74. The van der Waals surface area contributed by atoms with Crippen LogP contribution in [0.25, 0.3) is 11.0 Å². The van der Waals surface area contributed by atoms with E-state index in [2.05, 4.69) is 40.7 Å². The third-order valence-corrected chi connectivity index (χ3v) is 4.43. The standard InChI is InChI=1S/C16H25N5O/c1-16(2,3)21-13-12(9-17-21)14(22)19-15(18-13)20(4)10-11-7-5-6-8-11/h9,11H,5-8,10H2,1-4H3,(H,18,19,22). The molecule has 0 spiro atoms. The predicted molar refractivity (Wildman–Crippen MR) is 88.4 cm³/mol. The first kappa shape index (κ1) is 15.1. The quantitative estimate of drug-likeness (QED) is 0.946. The van der Waals surface area contributed by atoms with Gasteiger partial charge in [0.05, 0.1) is 11.7 Å². The highest BCUT2D eigenvalue weighted by molar-refractivity contribution is 5.74. The average molecular weight is 303 g/mol. The van der Waals surface area contributed by atoms with Crippen LogP contribution in [0.4, 0.5) is 5.95 Å². The smallest absolute Gasteiger partial charge is 0.263 e. The zero-order valence-corrected chi connectivity index (χ0v) is 13.9. The number of rotatable bonds is 3. The van der Waals surface area contributed by atoms with E-state index in [1.807, 2.05) is 11.7 Å². The molecule has 6 heteroatoms. The summed E-state index contributed by atoms with van der Waals surface area (Å²) in [5.74, 6) is 1.34. The van der Waals surface area contributed by atoms with Crippen LogP contribution in [-0.4, -0.2) is 33.3 Å². The molecule has 120 valence electrons.